The highest BCUT2D eigenvalue weighted by Crippen LogP contribution is 2.63. The van der Waals surface area contributed by atoms with Crippen molar-refractivity contribution >= 4 is 18.1 Å². The summed E-state index contributed by atoms with van der Waals surface area (Å²) < 4.78 is 28.1. The van der Waals surface area contributed by atoms with Crippen LogP contribution in [0.3, 0.4) is 0 Å². The highest BCUT2D eigenvalue weighted by Gasteiger charge is 2.55. The Morgan fingerprint density at radius 2 is 1.80 bits per heavy atom. The summed E-state index contributed by atoms with van der Waals surface area (Å²) in [4.78, 5) is 25.0. The van der Waals surface area contributed by atoms with E-state index in [0.29, 0.717) is 35.6 Å². The summed E-state index contributed by atoms with van der Waals surface area (Å²) in [6.45, 7) is 4.28. The molecule has 180 valence electrons. The van der Waals surface area contributed by atoms with Crippen LogP contribution in [0.4, 0.5) is 14.5 Å². The lowest BCUT2D eigenvalue weighted by Crippen LogP contribution is -2.22. The molecule has 6 heteroatoms. The number of hydrogen-bond donors (Lipinski definition) is 1. The maximum atomic E-state index is 14.5. The van der Waals surface area contributed by atoms with Crippen LogP contribution < -0.4 is 4.90 Å². The number of hydrogen-bond acceptors (Lipinski definition) is 2. The molecule has 0 saturated heterocycles. The van der Waals surface area contributed by atoms with Gasteiger partial charge in [0.25, 0.3) is 0 Å². The van der Waals surface area contributed by atoms with Gasteiger partial charge in [-0.15, -0.1) is 0 Å². The fraction of sp³-hybridized carbons (Fsp3) is 0.241. The lowest BCUT2D eigenvalue weighted by atomic mass is 9.88. The van der Waals surface area contributed by atoms with Crippen molar-refractivity contribution in [3.05, 3.63) is 113 Å². The predicted molar refractivity (Wildman–Crippen MR) is 131 cm³/mol. The minimum absolute atomic E-state index is 0.110. The normalized spacial score (nSPS) is 19.2. The molecule has 0 spiro atoms. The SMILES string of the molecule is CC(C)/C=C/[C@]1(c2ccc(F)cc2)CC1c1cc(F)ccc1N(C=O)Cc1cccc(C(=O)O)c1. The number of carboxylic acid groups (broad SMARTS) is 1. The highest BCUT2D eigenvalue weighted by atomic mass is 19.1. The molecule has 1 aliphatic carbocycles. The third kappa shape index (κ3) is 5.16. The first kappa shape index (κ1) is 24.3. The van der Waals surface area contributed by atoms with Crippen molar-refractivity contribution in [2.75, 3.05) is 4.90 Å². The average molecular weight is 476 g/mol. The van der Waals surface area contributed by atoms with Crippen molar-refractivity contribution in [2.45, 2.75) is 38.1 Å². The molecule has 0 aromatic heterocycles. The minimum Gasteiger partial charge on any atom is -0.478 e. The van der Waals surface area contributed by atoms with Crippen molar-refractivity contribution in [2.24, 2.45) is 5.92 Å². The number of carbonyl (C=O) groups is 2. The number of anilines is 1. The molecule has 35 heavy (non-hydrogen) atoms. The van der Waals surface area contributed by atoms with E-state index in [0.717, 1.165) is 5.56 Å². The summed E-state index contributed by atoms with van der Waals surface area (Å²) >= 11 is 0. The second kappa shape index (κ2) is 9.82. The zero-order valence-corrected chi connectivity index (χ0v) is 19.6. The number of halogens is 2. The molecule has 0 heterocycles. The smallest absolute Gasteiger partial charge is 0.335 e. The van der Waals surface area contributed by atoms with Crippen molar-refractivity contribution in [3.8, 4) is 0 Å². The van der Waals surface area contributed by atoms with Gasteiger partial charge in [-0.3, -0.25) is 4.79 Å². The molecule has 1 saturated carbocycles. The topological polar surface area (TPSA) is 57.6 Å². The van der Waals surface area contributed by atoms with Gasteiger partial charge >= 0.3 is 5.97 Å². The number of rotatable bonds is 9. The van der Waals surface area contributed by atoms with Gasteiger partial charge in [0.2, 0.25) is 6.41 Å². The van der Waals surface area contributed by atoms with Gasteiger partial charge in [0.15, 0.2) is 0 Å². The van der Waals surface area contributed by atoms with Crippen molar-refractivity contribution in [1.82, 2.24) is 0 Å². The molecule has 1 amide bonds. The molecule has 1 unspecified atom stereocenters. The summed E-state index contributed by atoms with van der Waals surface area (Å²) in [5, 5.41) is 9.29. The molecule has 3 aromatic rings. The van der Waals surface area contributed by atoms with Crippen LogP contribution in [0, 0.1) is 17.6 Å². The molecule has 1 fully saturated rings. The summed E-state index contributed by atoms with van der Waals surface area (Å²) in [6.07, 6.45) is 5.58. The lowest BCUT2D eigenvalue weighted by Gasteiger charge is -2.23. The Morgan fingerprint density at radius 3 is 2.46 bits per heavy atom. The summed E-state index contributed by atoms with van der Waals surface area (Å²) in [5.41, 5.74) is 2.52. The summed E-state index contributed by atoms with van der Waals surface area (Å²) in [6, 6.07) is 17.1. The van der Waals surface area contributed by atoms with Crippen LogP contribution in [-0.2, 0) is 16.8 Å². The zero-order chi connectivity index (χ0) is 25.2. The van der Waals surface area contributed by atoms with E-state index in [1.165, 1.54) is 41.3 Å². The third-order valence-corrected chi connectivity index (χ3v) is 6.49. The fourth-order valence-electron chi connectivity index (χ4n) is 4.63. The predicted octanol–water partition coefficient (Wildman–Crippen LogP) is 6.46. The van der Waals surface area contributed by atoms with Gasteiger partial charge < -0.3 is 10.0 Å². The van der Waals surface area contributed by atoms with Gasteiger partial charge in [-0.1, -0.05) is 50.3 Å². The van der Waals surface area contributed by atoms with Crippen molar-refractivity contribution in [1.29, 1.82) is 0 Å². The molecule has 3 aromatic carbocycles. The molecule has 2 atom stereocenters. The van der Waals surface area contributed by atoms with Crippen LogP contribution in [0.2, 0.25) is 0 Å². The van der Waals surface area contributed by atoms with Crippen LogP contribution in [0.25, 0.3) is 0 Å². The Labute approximate surface area is 203 Å². The summed E-state index contributed by atoms with van der Waals surface area (Å²) in [7, 11) is 0. The Morgan fingerprint density at radius 1 is 1.09 bits per heavy atom. The number of carbonyl (C=O) groups excluding carboxylic acids is 1. The zero-order valence-electron chi connectivity index (χ0n) is 19.6. The summed E-state index contributed by atoms with van der Waals surface area (Å²) in [5.74, 6) is -1.59. The molecule has 0 radical (unpaired) electrons. The van der Waals surface area contributed by atoms with Crippen LogP contribution in [0.1, 0.15) is 53.2 Å². The monoisotopic (exact) mass is 475 g/mol. The van der Waals surface area contributed by atoms with E-state index < -0.39 is 17.2 Å². The van der Waals surface area contributed by atoms with Crippen LogP contribution in [0.15, 0.2) is 78.9 Å². The molecule has 4 nitrogen and oxygen atoms in total. The Hall–Kier alpha value is -3.80. The number of nitrogens with zero attached hydrogens (tertiary/aromatic N) is 1. The first-order valence-corrected chi connectivity index (χ1v) is 11.5. The van der Waals surface area contributed by atoms with Gasteiger partial charge in [-0.05, 0) is 71.5 Å². The van der Waals surface area contributed by atoms with Gasteiger partial charge in [0, 0.05) is 17.0 Å². The maximum Gasteiger partial charge on any atom is 0.335 e. The van der Waals surface area contributed by atoms with E-state index in [1.54, 1.807) is 30.3 Å². The third-order valence-electron chi connectivity index (χ3n) is 6.49. The van der Waals surface area contributed by atoms with E-state index in [1.807, 2.05) is 0 Å². The van der Waals surface area contributed by atoms with E-state index >= 15 is 0 Å². The fourth-order valence-corrected chi connectivity index (χ4v) is 4.63. The average Bonchev–Trinajstić information content (AvgIpc) is 3.57. The molecule has 4 rings (SSSR count). The van der Waals surface area contributed by atoms with Crippen LogP contribution >= 0.6 is 0 Å². The highest BCUT2D eigenvalue weighted by molar-refractivity contribution is 5.88. The second-order valence-electron chi connectivity index (χ2n) is 9.35. The molecular weight excluding hydrogens is 448 g/mol. The largest absolute Gasteiger partial charge is 0.478 e. The Kier molecular flexibility index (Phi) is 6.83. The number of amides is 1. The van der Waals surface area contributed by atoms with E-state index in [9.17, 15) is 23.5 Å². The van der Waals surface area contributed by atoms with Crippen LogP contribution in [0.5, 0.6) is 0 Å². The van der Waals surface area contributed by atoms with Crippen LogP contribution in [-0.4, -0.2) is 17.5 Å². The molecule has 0 aliphatic heterocycles. The molecule has 1 N–H and O–H groups in total. The quantitative estimate of drug-likeness (QED) is 0.285. The van der Waals surface area contributed by atoms with Gasteiger partial charge in [0.1, 0.15) is 11.6 Å². The number of allylic oxidation sites excluding steroid dienone is 2. The van der Waals surface area contributed by atoms with E-state index in [4.69, 9.17) is 0 Å². The van der Waals surface area contributed by atoms with Gasteiger partial charge in [-0.25, -0.2) is 13.6 Å². The first-order valence-electron chi connectivity index (χ1n) is 11.5. The van der Waals surface area contributed by atoms with Gasteiger partial charge in [0.05, 0.1) is 12.1 Å². The number of aromatic carboxylic acids is 1. The molecular formula is C29H27F2NO3. The minimum atomic E-state index is -1.05. The van der Waals surface area contributed by atoms with Crippen molar-refractivity contribution in [3.63, 3.8) is 0 Å². The van der Waals surface area contributed by atoms with E-state index in [2.05, 4.69) is 26.0 Å². The van der Waals surface area contributed by atoms with Gasteiger partial charge in [-0.2, -0.15) is 0 Å². The Bertz CT molecular complexity index is 1270. The second-order valence-corrected chi connectivity index (χ2v) is 9.35. The molecule has 1 aliphatic rings. The van der Waals surface area contributed by atoms with E-state index in [-0.39, 0.29) is 23.8 Å². The number of carboxylic acids is 1. The maximum absolute atomic E-state index is 14.5. The van der Waals surface area contributed by atoms with Crippen molar-refractivity contribution < 1.29 is 23.5 Å². The first-order chi connectivity index (χ1) is 16.7. The molecule has 0 bridgehead atoms. The number of benzene rings is 3. The Balaban J connectivity index is 1.73. The standard InChI is InChI=1S/C29H27F2NO3/c1-19(2)12-13-29(22-6-8-23(30)9-7-22)16-26(29)25-15-24(31)10-11-27(25)32(18-33)17-20-4-3-5-21(14-20)28(34)35/h3-15,18-19,26H,16-17H2,1-2H3,(H,34,35)/b13-12+/t26?,29-/m1/s1. The lowest BCUT2D eigenvalue weighted by molar-refractivity contribution is -0.107.